The smallest absolute Gasteiger partial charge is 0.408 e. The number of allylic oxidation sites excluding steroid dienone is 1. The number of rotatable bonds is 5. The molecule has 7 nitrogen and oxygen atoms in total. The topological polar surface area (TPSA) is 83.1 Å². The second kappa shape index (κ2) is 9.16. The maximum absolute atomic E-state index is 12.8. The number of methoxy groups -OCH3 is 2. The van der Waals surface area contributed by atoms with Gasteiger partial charge >= 0.3 is 12.1 Å². The summed E-state index contributed by atoms with van der Waals surface area (Å²) in [7, 11) is 3.37. The van der Waals surface area contributed by atoms with E-state index in [0.717, 1.165) is 34.6 Å². The molecule has 2 aliphatic rings. The second-order valence-electron chi connectivity index (χ2n) is 11.2. The number of nitrogens with one attached hydrogen (secondary N) is 1. The van der Waals surface area contributed by atoms with E-state index in [-0.39, 0.29) is 23.3 Å². The molecular weight excluding hydrogens is 434 g/mol. The number of amides is 1. The molecule has 0 radical (unpaired) electrons. The Balaban J connectivity index is 1.91. The molecule has 3 atom stereocenters. The summed E-state index contributed by atoms with van der Waals surface area (Å²) < 4.78 is 22.8. The van der Waals surface area contributed by atoms with Gasteiger partial charge in [0, 0.05) is 16.5 Å². The Kier molecular flexibility index (Phi) is 6.98. The molecule has 0 heterocycles. The van der Waals surface area contributed by atoms with Crippen molar-refractivity contribution in [1.82, 2.24) is 5.32 Å². The third-order valence-corrected chi connectivity index (χ3v) is 7.25. The van der Waals surface area contributed by atoms with E-state index in [1.165, 1.54) is 0 Å². The summed E-state index contributed by atoms with van der Waals surface area (Å²) in [5, 5.41) is 2.50. The van der Waals surface area contributed by atoms with Crippen LogP contribution in [0.4, 0.5) is 4.79 Å². The van der Waals surface area contributed by atoms with Crippen LogP contribution in [0.5, 0.6) is 11.5 Å². The molecular formula is C27H39NO6. The highest BCUT2D eigenvalue weighted by atomic mass is 16.6. The van der Waals surface area contributed by atoms with Crippen molar-refractivity contribution in [2.24, 2.45) is 11.3 Å². The molecule has 0 spiro atoms. The lowest BCUT2D eigenvalue weighted by Crippen LogP contribution is -2.56. The van der Waals surface area contributed by atoms with Gasteiger partial charge in [-0.2, -0.15) is 0 Å². The molecule has 188 valence electrons. The van der Waals surface area contributed by atoms with E-state index in [4.69, 9.17) is 18.9 Å². The fourth-order valence-corrected chi connectivity index (χ4v) is 5.98. The number of ether oxygens (including phenoxy) is 4. The van der Waals surface area contributed by atoms with Gasteiger partial charge in [0.05, 0.1) is 14.2 Å². The number of carbonyl (C=O) groups is 2. The minimum atomic E-state index is -0.644. The summed E-state index contributed by atoms with van der Waals surface area (Å²) in [6.45, 7) is 13.7. The van der Waals surface area contributed by atoms with Gasteiger partial charge in [0.15, 0.2) is 0 Å². The lowest BCUT2D eigenvalue weighted by molar-refractivity contribution is -0.157. The van der Waals surface area contributed by atoms with E-state index in [9.17, 15) is 9.59 Å². The van der Waals surface area contributed by atoms with Crippen molar-refractivity contribution in [3.05, 3.63) is 34.9 Å². The predicted molar refractivity (Wildman–Crippen MR) is 130 cm³/mol. The molecule has 1 N–H and O–H groups in total. The molecule has 34 heavy (non-hydrogen) atoms. The van der Waals surface area contributed by atoms with Crippen LogP contribution in [0.3, 0.4) is 0 Å². The summed E-state index contributed by atoms with van der Waals surface area (Å²) in [6, 6.07) is 3.90. The zero-order valence-corrected chi connectivity index (χ0v) is 22.0. The van der Waals surface area contributed by atoms with Crippen LogP contribution in [0.15, 0.2) is 23.8 Å². The highest BCUT2D eigenvalue weighted by molar-refractivity contribution is 5.78. The molecule has 1 amide bonds. The van der Waals surface area contributed by atoms with Gasteiger partial charge in [-0.25, -0.2) is 4.79 Å². The number of benzene rings is 1. The minimum absolute atomic E-state index is 0.203. The molecule has 2 aliphatic carbocycles. The highest BCUT2D eigenvalue weighted by Crippen LogP contribution is 2.60. The van der Waals surface area contributed by atoms with Crippen molar-refractivity contribution in [1.29, 1.82) is 0 Å². The SMILES string of the molecule is COc1ccc(OC)c2c1C[C@]1(C)C(OC(=O)CNC(=O)OC(C)(C)C)C(C)=CC[C@H]1C2(C)C. The number of alkyl carbamates (subject to hydrolysis) is 1. The van der Waals surface area contributed by atoms with Crippen LogP contribution in [-0.4, -0.2) is 44.5 Å². The van der Waals surface area contributed by atoms with Crippen LogP contribution in [0, 0.1) is 11.3 Å². The van der Waals surface area contributed by atoms with Crippen molar-refractivity contribution >= 4 is 12.1 Å². The zero-order chi connectivity index (χ0) is 25.5. The molecule has 0 saturated heterocycles. The number of hydrogen-bond acceptors (Lipinski definition) is 6. The molecule has 7 heteroatoms. The highest BCUT2D eigenvalue weighted by Gasteiger charge is 2.57. The second-order valence-corrected chi connectivity index (χ2v) is 11.2. The molecule has 1 aromatic carbocycles. The van der Waals surface area contributed by atoms with E-state index < -0.39 is 23.8 Å². The minimum Gasteiger partial charge on any atom is -0.496 e. The van der Waals surface area contributed by atoms with Crippen molar-refractivity contribution in [2.75, 3.05) is 20.8 Å². The lowest BCUT2D eigenvalue weighted by atomic mass is 9.49. The Bertz CT molecular complexity index is 990. The van der Waals surface area contributed by atoms with Gasteiger partial charge in [-0.05, 0) is 69.6 Å². The third kappa shape index (κ3) is 4.75. The quantitative estimate of drug-likeness (QED) is 0.481. The fourth-order valence-electron chi connectivity index (χ4n) is 5.98. The van der Waals surface area contributed by atoms with Crippen LogP contribution < -0.4 is 14.8 Å². The molecule has 0 aromatic heterocycles. The number of esters is 1. The van der Waals surface area contributed by atoms with Crippen LogP contribution in [0.1, 0.15) is 66.0 Å². The maximum Gasteiger partial charge on any atom is 0.408 e. The van der Waals surface area contributed by atoms with Crippen molar-refractivity contribution in [3.8, 4) is 11.5 Å². The van der Waals surface area contributed by atoms with E-state index in [0.29, 0.717) is 6.42 Å². The lowest BCUT2D eigenvalue weighted by Gasteiger charge is -2.56. The molecule has 0 aliphatic heterocycles. The normalized spacial score (nSPS) is 25.3. The van der Waals surface area contributed by atoms with Crippen LogP contribution in [0.25, 0.3) is 0 Å². The van der Waals surface area contributed by atoms with Gasteiger partial charge in [0.25, 0.3) is 0 Å². The van der Waals surface area contributed by atoms with Gasteiger partial charge in [0.2, 0.25) is 0 Å². The zero-order valence-electron chi connectivity index (χ0n) is 22.0. The first kappa shape index (κ1) is 25.9. The van der Waals surface area contributed by atoms with Crippen molar-refractivity contribution in [3.63, 3.8) is 0 Å². The Morgan fingerprint density at radius 2 is 1.71 bits per heavy atom. The molecule has 0 bridgehead atoms. The summed E-state index contributed by atoms with van der Waals surface area (Å²) in [6.07, 6.45) is 2.65. The monoisotopic (exact) mass is 473 g/mol. The summed E-state index contributed by atoms with van der Waals surface area (Å²) in [5.74, 6) is 1.37. The van der Waals surface area contributed by atoms with Crippen molar-refractivity contribution < 1.29 is 28.5 Å². The van der Waals surface area contributed by atoms with Gasteiger partial charge < -0.3 is 24.3 Å². The summed E-state index contributed by atoms with van der Waals surface area (Å²) in [5.41, 5.74) is 2.01. The summed E-state index contributed by atoms with van der Waals surface area (Å²) >= 11 is 0. The van der Waals surface area contributed by atoms with Crippen LogP contribution in [0.2, 0.25) is 0 Å². The Morgan fingerprint density at radius 1 is 1.09 bits per heavy atom. The number of fused-ring (bicyclic) bond motifs is 2. The standard InChI is InChI=1S/C27H39NO6/c1-16-10-13-20-26(5,6)22-17(18(31-8)11-12-19(22)32-9)14-27(20,7)23(16)33-21(29)15-28-24(30)34-25(2,3)4/h10-12,20,23H,13-15H2,1-9H3,(H,28,30)/t20-,23?,27-/m0/s1. The van der Waals surface area contributed by atoms with Gasteiger partial charge in [-0.1, -0.05) is 26.8 Å². The summed E-state index contributed by atoms with van der Waals surface area (Å²) in [4.78, 5) is 24.8. The van der Waals surface area contributed by atoms with E-state index in [2.05, 4.69) is 32.2 Å². The third-order valence-electron chi connectivity index (χ3n) is 7.25. The maximum atomic E-state index is 12.8. The van der Waals surface area contributed by atoms with E-state index >= 15 is 0 Å². The molecule has 1 unspecified atom stereocenters. The molecule has 3 rings (SSSR count). The Labute approximate surface area is 203 Å². The average molecular weight is 474 g/mol. The molecule has 0 saturated carbocycles. The largest absolute Gasteiger partial charge is 0.496 e. The first-order valence-corrected chi connectivity index (χ1v) is 11.8. The Morgan fingerprint density at radius 3 is 2.29 bits per heavy atom. The predicted octanol–water partition coefficient (Wildman–Crippen LogP) is 4.95. The first-order chi connectivity index (χ1) is 15.7. The van der Waals surface area contributed by atoms with Gasteiger partial charge in [0.1, 0.15) is 29.7 Å². The van der Waals surface area contributed by atoms with Crippen LogP contribution in [-0.2, 0) is 26.1 Å². The van der Waals surface area contributed by atoms with Gasteiger partial charge in [-0.15, -0.1) is 0 Å². The fraction of sp³-hybridized carbons (Fsp3) is 0.630. The molecule has 1 aromatic rings. The average Bonchev–Trinajstić information content (AvgIpc) is 2.72. The van der Waals surface area contributed by atoms with E-state index in [1.807, 2.05) is 19.1 Å². The number of carbonyl (C=O) groups excluding carboxylic acids is 2. The Hall–Kier alpha value is -2.70. The van der Waals surface area contributed by atoms with Crippen LogP contribution >= 0.6 is 0 Å². The van der Waals surface area contributed by atoms with Crippen molar-refractivity contribution in [2.45, 2.75) is 78.4 Å². The van der Waals surface area contributed by atoms with E-state index in [1.54, 1.807) is 35.0 Å². The number of hydrogen-bond donors (Lipinski definition) is 1. The first-order valence-electron chi connectivity index (χ1n) is 11.8. The molecule has 0 fully saturated rings. The van der Waals surface area contributed by atoms with Gasteiger partial charge in [-0.3, -0.25) is 4.79 Å².